The number of likely N-dealkylation sites (tertiary alicyclic amines) is 1. The summed E-state index contributed by atoms with van der Waals surface area (Å²) in [6.45, 7) is 10.4. The average molecular weight is 434 g/mol. The van der Waals surface area contributed by atoms with Crippen molar-refractivity contribution in [3.05, 3.63) is 29.8 Å². The van der Waals surface area contributed by atoms with Gasteiger partial charge in [-0.1, -0.05) is 0 Å². The number of carbonyl (C=O) groups is 3. The minimum atomic E-state index is -0.657. The first kappa shape index (κ1) is 24.7. The molecule has 1 heterocycles. The Hall–Kier alpha value is -2.61. The number of amides is 2. The molecule has 1 saturated heterocycles. The zero-order chi connectivity index (χ0) is 23.2. The molecule has 3 N–H and O–H groups in total. The Labute approximate surface area is 184 Å². The van der Waals surface area contributed by atoms with Crippen molar-refractivity contribution in [1.29, 1.82) is 0 Å². The molecule has 1 aliphatic heterocycles. The fourth-order valence-corrected chi connectivity index (χ4v) is 3.61. The number of nitrogens with one attached hydrogen (secondary N) is 1. The minimum Gasteiger partial charge on any atom is -0.458 e. The number of piperidine rings is 1. The summed E-state index contributed by atoms with van der Waals surface area (Å²) in [6, 6.07) is 5.88. The Morgan fingerprint density at radius 3 is 2.26 bits per heavy atom. The molecule has 0 bridgehead atoms. The van der Waals surface area contributed by atoms with Crippen LogP contribution in [-0.2, 0) is 19.1 Å². The van der Waals surface area contributed by atoms with E-state index in [9.17, 15) is 14.4 Å². The largest absolute Gasteiger partial charge is 0.458 e. The van der Waals surface area contributed by atoms with E-state index in [1.54, 1.807) is 36.1 Å². The number of nitrogens with two attached hydrogens (primary N) is 1. The highest BCUT2D eigenvalue weighted by Gasteiger charge is 2.36. The smallest absolute Gasteiger partial charge is 0.336 e. The zero-order valence-corrected chi connectivity index (χ0v) is 19.1. The fourth-order valence-electron chi connectivity index (χ4n) is 3.61. The summed E-state index contributed by atoms with van der Waals surface area (Å²) < 4.78 is 11.2. The molecule has 0 aromatic heterocycles. The normalized spacial score (nSPS) is 17.0. The molecule has 2 rings (SSSR count). The van der Waals surface area contributed by atoms with Crippen LogP contribution in [0.3, 0.4) is 0 Å². The second-order valence-corrected chi connectivity index (χ2v) is 8.89. The fraction of sp³-hybridized carbons (Fsp3) is 0.609. The van der Waals surface area contributed by atoms with Gasteiger partial charge in [-0.25, -0.2) is 4.79 Å². The molecule has 0 aliphatic carbocycles. The van der Waals surface area contributed by atoms with Crippen LogP contribution < -0.4 is 11.1 Å². The summed E-state index contributed by atoms with van der Waals surface area (Å²) in [5, 5.41) is 2.74. The van der Waals surface area contributed by atoms with Crippen LogP contribution in [0, 0.1) is 5.92 Å². The summed E-state index contributed by atoms with van der Waals surface area (Å²) in [5.74, 6) is -0.841. The average Bonchev–Trinajstić information content (AvgIpc) is 2.70. The Bertz CT molecular complexity index is 764. The lowest BCUT2D eigenvalue weighted by molar-refractivity contribution is -0.173. The first-order chi connectivity index (χ1) is 14.5. The molecule has 1 aromatic rings. The Balaban J connectivity index is 1.91. The van der Waals surface area contributed by atoms with Crippen LogP contribution in [0.5, 0.6) is 0 Å². The van der Waals surface area contributed by atoms with Crippen molar-refractivity contribution in [2.45, 2.75) is 65.2 Å². The third-order valence-electron chi connectivity index (χ3n) is 5.16. The van der Waals surface area contributed by atoms with E-state index in [1.165, 1.54) is 0 Å². The van der Waals surface area contributed by atoms with Gasteiger partial charge in [-0.2, -0.15) is 0 Å². The number of rotatable bonds is 7. The predicted octanol–water partition coefficient (Wildman–Crippen LogP) is 2.37. The van der Waals surface area contributed by atoms with Crippen LogP contribution in [-0.4, -0.2) is 60.1 Å². The molecule has 31 heavy (non-hydrogen) atoms. The lowest BCUT2D eigenvalue weighted by atomic mass is 9.90. The summed E-state index contributed by atoms with van der Waals surface area (Å²) in [6.07, 6.45) is 0.631. The van der Waals surface area contributed by atoms with Gasteiger partial charge in [-0.3, -0.25) is 9.59 Å². The lowest BCUT2D eigenvalue weighted by Crippen LogP contribution is -2.51. The highest BCUT2D eigenvalue weighted by atomic mass is 16.6. The van der Waals surface area contributed by atoms with Crippen LogP contribution in [0.15, 0.2) is 24.3 Å². The first-order valence-electron chi connectivity index (χ1n) is 10.8. The van der Waals surface area contributed by atoms with Crippen molar-refractivity contribution in [2.24, 2.45) is 5.92 Å². The van der Waals surface area contributed by atoms with Gasteiger partial charge < -0.3 is 25.4 Å². The molecular formula is C23H35N3O5. The van der Waals surface area contributed by atoms with Crippen molar-refractivity contribution in [2.75, 3.05) is 25.4 Å². The molecular weight excluding hydrogens is 398 g/mol. The van der Waals surface area contributed by atoms with E-state index in [1.807, 2.05) is 27.7 Å². The molecule has 2 amide bonds. The van der Waals surface area contributed by atoms with Crippen LogP contribution in [0.4, 0.5) is 5.69 Å². The molecule has 2 atom stereocenters. The van der Waals surface area contributed by atoms with E-state index in [2.05, 4.69) is 5.32 Å². The second-order valence-electron chi connectivity index (χ2n) is 8.89. The predicted molar refractivity (Wildman–Crippen MR) is 118 cm³/mol. The molecule has 1 aromatic carbocycles. The minimum absolute atomic E-state index is 0.0153. The Morgan fingerprint density at radius 2 is 1.74 bits per heavy atom. The molecule has 0 radical (unpaired) electrons. The van der Waals surface area contributed by atoms with E-state index < -0.39 is 17.7 Å². The van der Waals surface area contributed by atoms with Gasteiger partial charge in [0.1, 0.15) is 11.6 Å². The zero-order valence-electron chi connectivity index (χ0n) is 19.1. The molecule has 1 aliphatic rings. The molecule has 0 spiro atoms. The number of esters is 1. The maximum atomic E-state index is 12.8. The van der Waals surface area contributed by atoms with Gasteiger partial charge in [0.05, 0.1) is 0 Å². The lowest BCUT2D eigenvalue weighted by Gasteiger charge is -2.36. The van der Waals surface area contributed by atoms with Crippen LogP contribution >= 0.6 is 0 Å². The topological polar surface area (TPSA) is 111 Å². The number of nitrogens with zero attached hydrogens (tertiary/aromatic N) is 1. The molecule has 8 heteroatoms. The van der Waals surface area contributed by atoms with Crippen LogP contribution in [0.2, 0.25) is 0 Å². The number of benzene rings is 1. The van der Waals surface area contributed by atoms with E-state index in [0.29, 0.717) is 43.8 Å². The van der Waals surface area contributed by atoms with E-state index >= 15 is 0 Å². The number of anilines is 1. The van der Waals surface area contributed by atoms with Crippen molar-refractivity contribution < 1.29 is 23.9 Å². The summed E-state index contributed by atoms with van der Waals surface area (Å²) in [5.41, 5.74) is 6.08. The molecule has 0 saturated carbocycles. The van der Waals surface area contributed by atoms with Crippen molar-refractivity contribution >= 4 is 23.5 Å². The van der Waals surface area contributed by atoms with E-state index in [0.717, 1.165) is 0 Å². The van der Waals surface area contributed by atoms with Crippen molar-refractivity contribution in [1.82, 2.24) is 10.2 Å². The Morgan fingerprint density at radius 1 is 1.16 bits per heavy atom. The standard InChI is InChI=1S/C23H35N3O5/c1-6-30-19(22(29)31-23(3,4)5)16-11-13-26(14-12-16)21(28)15(2)25-20(27)17-7-9-18(24)10-8-17/h7-10,15-16,19H,6,11-14,24H2,1-5H3,(H,25,27). The number of nitrogen functional groups attached to an aromatic ring is 1. The monoisotopic (exact) mass is 433 g/mol. The molecule has 172 valence electrons. The van der Waals surface area contributed by atoms with Gasteiger partial charge in [-0.05, 0) is 77.6 Å². The second kappa shape index (κ2) is 10.6. The van der Waals surface area contributed by atoms with Gasteiger partial charge in [-0.15, -0.1) is 0 Å². The van der Waals surface area contributed by atoms with E-state index in [-0.39, 0.29) is 23.7 Å². The highest BCUT2D eigenvalue weighted by molar-refractivity contribution is 5.97. The van der Waals surface area contributed by atoms with Crippen LogP contribution in [0.25, 0.3) is 0 Å². The van der Waals surface area contributed by atoms with Crippen molar-refractivity contribution in [3.63, 3.8) is 0 Å². The number of hydrogen-bond donors (Lipinski definition) is 2. The van der Waals surface area contributed by atoms with Gasteiger partial charge in [0.25, 0.3) is 5.91 Å². The van der Waals surface area contributed by atoms with Gasteiger partial charge >= 0.3 is 5.97 Å². The third-order valence-corrected chi connectivity index (χ3v) is 5.16. The van der Waals surface area contributed by atoms with Crippen LogP contribution in [0.1, 0.15) is 57.8 Å². The van der Waals surface area contributed by atoms with Gasteiger partial charge in [0, 0.05) is 30.9 Å². The number of carbonyl (C=O) groups excluding carboxylic acids is 3. The summed E-state index contributed by atoms with van der Waals surface area (Å²) in [4.78, 5) is 39.5. The molecule has 8 nitrogen and oxygen atoms in total. The van der Waals surface area contributed by atoms with Gasteiger partial charge in [0.15, 0.2) is 6.10 Å². The van der Waals surface area contributed by atoms with Crippen molar-refractivity contribution in [3.8, 4) is 0 Å². The summed E-state index contributed by atoms with van der Waals surface area (Å²) in [7, 11) is 0. The van der Waals surface area contributed by atoms with Gasteiger partial charge in [0.2, 0.25) is 5.91 Å². The highest BCUT2D eigenvalue weighted by Crippen LogP contribution is 2.25. The quantitative estimate of drug-likeness (QED) is 0.504. The molecule has 1 fully saturated rings. The Kier molecular flexibility index (Phi) is 8.44. The first-order valence-corrected chi connectivity index (χ1v) is 10.8. The SMILES string of the molecule is CCOC(C(=O)OC(C)(C)C)C1CCN(C(=O)C(C)NC(=O)c2ccc(N)cc2)CC1. The number of ether oxygens (including phenoxy) is 2. The maximum Gasteiger partial charge on any atom is 0.336 e. The number of hydrogen-bond acceptors (Lipinski definition) is 6. The summed E-state index contributed by atoms with van der Waals surface area (Å²) >= 11 is 0. The third kappa shape index (κ3) is 7.24. The maximum absolute atomic E-state index is 12.8. The molecule has 2 unspecified atom stereocenters. The van der Waals surface area contributed by atoms with E-state index in [4.69, 9.17) is 15.2 Å².